The van der Waals surface area contributed by atoms with Crippen LogP contribution >= 0.6 is 11.3 Å². The number of carbonyl (C=O) groups excluding carboxylic acids is 2. The molecule has 1 aliphatic rings. The molecule has 0 spiro atoms. The first kappa shape index (κ1) is 20.0. The SMILES string of the molecule is O=C(NCc1csc(-c2ccccc2)n1)[C@H]1CCCN1C(=O)Nc1cccc(F)c1. The number of thiazole rings is 1. The van der Waals surface area contributed by atoms with Crippen LogP contribution in [0.4, 0.5) is 14.9 Å². The number of aromatic nitrogens is 1. The average molecular weight is 425 g/mol. The normalized spacial score (nSPS) is 15.8. The molecule has 0 unspecified atom stereocenters. The smallest absolute Gasteiger partial charge is 0.322 e. The average Bonchev–Trinajstić information content (AvgIpc) is 3.43. The molecule has 2 N–H and O–H groups in total. The van der Waals surface area contributed by atoms with Gasteiger partial charge in [-0.15, -0.1) is 11.3 Å². The summed E-state index contributed by atoms with van der Waals surface area (Å²) in [5.41, 5.74) is 2.18. The molecule has 1 aromatic heterocycles. The first-order chi connectivity index (χ1) is 14.6. The quantitative estimate of drug-likeness (QED) is 0.643. The highest BCUT2D eigenvalue weighted by Gasteiger charge is 2.34. The molecule has 1 fully saturated rings. The van der Waals surface area contributed by atoms with E-state index >= 15 is 0 Å². The van der Waals surface area contributed by atoms with Crippen molar-refractivity contribution in [1.82, 2.24) is 15.2 Å². The zero-order valence-electron chi connectivity index (χ0n) is 16.2. The fourth-order valence-electron chi connectivity index (χ4n) is 3.44. The van der Waals surface area contributed by atoms with Crippen LogP contribution in [0.25, 0.3) is 10.6 Å². The van der Waals surface area contributed by atoms with E-state index in [0.717, 1.165) is 22.7 Å². The van der Waals surface area contributed by atoms with Gasteiger partial charge in [0.05, 0.1) is 12.2 Å². The summed E-state index contributed by atoms with van der Waals surface area (Å²) in [5.74, 6) is -0.641. The molecule has 3 aromatic rings. The fraction of sp³-hybridized carbons (Fsp3) is 0.227. The lowest BCUT2D eigenvalue weighted by atomic mass is 10.2. The van der Waals surface area contributed by atoms with Crippen molar-refractivity contribution < 1.29 is 14.0 Å². The number of carbonyl (C=O) groups is 2. The van der Waals surface area contributed by atoms with Crippen molar-refractivity contribution in [3.63, 3.8) is 0 Å². The Morgan fingerprint density at radius 3 is 2.80 bits per heavy atom. The van der Waals surface area contributed by atoms with Gasteiger partial charge in [-0.1, -0.05) is 36.4 Å². The molecule has 30 heavy (non-hydrogen) atoms. The Kier molecular flexibility index (Phi) is 6.04. The van der Waals surface area contributed by atoms with Crippen molar-refractivity contribution in [3.8, 4) is 10.6 Å². The molecule has 2 aromatic carbocycles. The lowest BCUT2D eigenvalue weighted by molar-refractivity contribution is -0.124. The zero-order valence-corrected chi connectivity index (χ0v) is 17.0. The maximum atomic E-state index is 13.3. The largest absolute Gasteiger partial charge is 0.349 e. The van der Waals surface area contributed by atoms with Gasteiger partial charge in [-0.3, -0.25) is 4.79 Å². The standard InChI is InChI=1S/C22H21FN4O2S/c23-16-8-4-9-17(12-16)26-22(29)27-11-5-10-19(27)20(28)24-13-18-14-30-21(25-18)15-6-2-1-3-7-15/h1-4,6-9,12,14,19H,5,10-11,13H2,(H,24,28)(H,26,29)/t19-/m1/s1. The van der Waals surface area contributed by atoms with Gasteiger partial charge in [-0.05, 0) is 31.0 Å². The number of hydrogen-bond donors (Lipinski definition) is 2. The number of halogens is 1. The van der Waals surface area contributed by atoms with Crippen LogP contribution in [-0.4, -0.2) is 34.4 Å². The van der Waals surface area contributed by atoms with Gasteiger partial charge in [-0.25, -0.2) is 14.2 Å². The maximum Gasteiger partial charge on any atom is 0.322 e. The van der Waals surface area contributed by atoms with Crippen molar-refractivity contribution >= 4 is 29.0 Å². The molecule has 4 rings (SSSR count). The summed E-state index contributed by atoms with van der Waals surface area (Å²) in [7, 11) is 0. The van der Waals surface area contributed by atoms with E-state index in [2.05, 4.69) is 15.6 Å². The van der Waals surface area contributed by atoms with E-state index in [1.165, 1.54) is 34.4 Å². The molecule has 0 saturated carbocycles. The Labute approximate surface area is 177 Å². The summed E-state index contributed by atoms with van der Waals surface area (Å²) < 4.78 is 13.3. The Bertz CT molecular complexity index is 1040. The highest BCUT2D eigenvalue weighted by molar-refractivity contribution is 7.13. The van der Waals surface area contributed by atoms with Crippen molar-refractivity contribution in [3.05, 3.63) is 71.5 Å². The van der Waals surface area contributed by atoms with E-state index in [0.29, 0.717) is 25.2 Å². The van der Waals surface area contributed by atoms with Crippen molar-refractivity contribution in [1.29, 1.82) is 0 Å². The Balaban J connectivity index is 1.35. The summed E-state index contributed by atoms with van der Waals surface area (Å²) >= 11 is 1.53. The van der Waals surface area contributed by atoms with Gasteiger partial charge >= 0.3 is 6.03 Å². The predicted octanol–water partition coefficient (Wildman–Crippen LogP) is 4.26. The lowest BCUT2D eigenvalue weighted by Gasteiger charge is -2.24. The number of hydrogen-bond acceptors (Lipinski definition) is 4. The molecule has 1 saturated heterocycles. The molecular formula is C22H21FN4O2S. The van der Waals surface area contributed by atoms with E-state index in [9.17, 15) is 14.0 Å². The number of amides is 3. The minimum Gasteiger partial charge on any atom is -0.349 e. The first-order valence-corrected chi connectivity index (χ1v) is 10.6. The van der Waals surface area contributed by atoms with Crippen molar-refractivity contribution in [2.45, 2.75) is 25.4 Å². The van der Waals surface area contributed by atoms with Crippen LogP contribution in [0.1, 0.15) is 18.5 Å². The second-order valence-corrected chi connectivity index (χ2v) is 7.88. The van der Waals surface area contributed by atoms with Crippen LogP contribution in [0.15, 0.2) is 60.0 Å². The third-order valence-corrected chi connectivity index (χ3v) is 5.85. The minimum atomic E-state index is -0.550. The fourth-order valence-corrected chi connectivity index (χ4v) is 4.27. The van der Waals surface area contributed by atoms with E-state index in [1.807, 2.05) is 35.7 Å². The summed E-state index contributed by atoms with van der Waals surface area (Å²) in [6.07, 6.45) is 1.33. The van der Waals surface area contributed by atoms with E-state index in [-0.39, 0.29) is 5.91 Å². The van der Waals surface area contributed by atoms with Gasteiger partial charge in [0.25, 0.3) is 0 Å². The van der Waals surface area contributed by atoms with Crippen molar-refractivity contribution in [2.75, 3.05) is 11.9 Å². The molecule has 154 valence electrons. The number of nitrogens with zero attached hydrogens (tertiary/aromatic N) is 2. The molecule has 2 heterocycles. The molecular weight excluding hydrogens is 403 g/mol. The zero-order chi connectivity index (χ0) is 20.9. The van der Waals surface area contributed by atoms with Crippen LogP contribution in [0.3, 0.4) is 0 Å². The molecule has 0 aliphatic carbocycles. The van der Waals surface area contributed by atoms with Crippen LogP contribution in [0.5, 0.6) is 0 Å². The van der Waals surface area contributed by atoms with Gasteiger partial charge in [0, 0.05) is 23.2 Å². The molecule has 6 nitrogen and oxygen atoms in total. The maximum absolute atomic E-state index is 13.3. The molecule has 3 amide bonds. The molecule has 0 bridgehead atoms. The van der Waals surface area contributed by atoms with Gasteiger partial charge in [-0.2, -0.15) is 0 Å². The molecule has 0 radical (unpaired) electrons. The number of nitrogens with one attached hydrogen (secondary N) is 2. The minimum absolute atomic E-state index is 0.212. The number of urea groups is 1. The summed E-state index contributed by atoms with van der Waals surface area (Å²) in [5, 5.41) is 8.37. The summed E-state index contributed by atoms with van der Waals surface area (Å²) in [6, 6.07) is 14.6. The monoisotopic (exact) mass is 424 g/mol. The Hall–Kier alpha value is -3.26. The predicted molar refractivity (Wildman–Crippen MR) is 115 cm³/mol. The third kappa shape index (κ3) is 4.65. The van der Waals surface area contributed by atoms with E-state index in [4.69, 9.17) is 0 Å². The third-order valence-electron chi connectivity index (χ3n) is 4.91. The second-order valence-electron chi connectivity index (χ2n) is 7.02. The Morgan fingerprint density at radius 2 is 2.00 bits per heavy atom. The molecule has 1 aliphatic heterocycles. The number of benzene rings is 2. The van der Waals surface area contributed by atoms with Gasteiger partial charge in [0.2, 0.25) is 5.91 Å². The van der Waals surface area contributed by atoms with E-state index in [1.54, 1.807) is 6.07 Å². The molecule has 1 atom stereocenters. The molecule has 8 heteroatoms. The Morgan fingerprint density at radius 1 is 1.17 bits per heavy atom. The van der Waals surface area contributed by atoms with Gasteiger partial charge < -0.3 is 15.5 Å². The van der Waals surface area contributed by atoms with Crippen LogP contribution < -0.4 is 10.6 Å². The number of rotatable bonds is 5. The van der Waals surface area contributed by atoms with Gasteiger partial charge in [0.15, 0.2) is 0 Å². The van der Waals surface area contributed by atoms with E-state index < -0.39 is 17.9 Å². The first-order valence-electron chi connectivity index (χ1n) is 9.71. The number of anilines is 1. The van der Waals surface area contributed by atoms with Crippen LogP contribution in [0, 0.1) is 5.82 Å². The number of likely N-dealkylation sites (tertiary alicyclic amines) is 1. The topological polar surface area (TPSA) is 74.3 Å². The highest BCUT2D eigenvalue weighted by Crippen LogP contribution is 2.24. The van der Waals surface area contributed by atoms with Crippen molar-refractivity contribution in [2.24, 2.45) is 0 Å². The highest BCUT2D eigenvalue weighted by atomic mass is 32.1. The van der Waals surface area contributed by atoms with Crippen LogP contribution in [0.2, 0.25) is 0 Å². The summed E-state index contributed by atoms with van der Waals surface area (Å²) in [6.45, 7) is 0.784. The summed E-state index contributed by atoms with van der Waals surface area (Å²) in [4.78, 5) is 31.3. The second kappa shape index (κ2) is 9.04. The van der Waals surface area contributed by atoms with Crippen LogP contribution in [-0.2, 0) is 11.3 Å². The lowest BCUT2D eigenvalue weighted by Crippen LogP contribution is -2.47. The van der Waals surface area contributed by atoms with Gasteiger partial charge in [0.1, 0.15) is 16.9 Å².